The average Bonchev–Trinajstić information content (AvgIpc) is 2.27. The average molecular weight is 230 g/mol. The van der Waals surface area contributed by atoms with Crippen molar-refractivity contribution < 1.29 is 14.3 Å². The second-order valence-corrected chi connectivity index (χ2v) is 3.58. The van der Waals surface area contributed by atoms with Crippen LogP contribution in [0.4, 0.5) is 0 Å². The Morgan fingerprint density at radius 3 is 2.50 bits per heavy atom. The van der Waals surface area contributed by atoms with Crippen LogP contribution in [0.15, 0.2) is 0 Å². The molecule has 0 aromatic carbocycles. The Morgan fingerprint density at radius 1 is 1.25 bits per heavy atom. The molecule has 94 valence electrons. The first-order valence-electron chi connectivity index (χ1n) is 5.83. The van der Waals surface area contributed by atoms with Crippen molar-refractivity contribution in [3.8, 4) is 0 Å². The Morgan fingerprint density at radius 2 is 1.94 bits per heavy atom. The Kier molecular flexibility index (Phi) is 8.52. The third-order valence-electron chi connectivity index (χ3n) is 2.15. The molecule has 0 aliphatic rings. The van der Waals surface area contributed by atoms with Crippen LogP contribution in [0.5, 0.6) is 0 Å². The number of amides is 1. The van der Waals surface area contributed by atoms with E-state index in [2.05, 4.69) is 17.0 Å². The SMILES string of the molecule is CCCCCCNC(=O)C(N)C(=O)OCC. The van der Waals surface area contributed by atoms with Crippen LogP contribution in [-0.4, -0.2) is 31.1 Å². The summed E-state index contributed by atoms with van der Waals surface area (Å²) in [6, 6.07) is -1.20. The van der Waals surface area contributed by atoms with Crippen molar-refractivity contribution in [2.75, 3.05) is 13.2 Å². The van der Waals surface area contributed by atoms with E-state index in [1.165, 1.54) is 0 Å². The van der Waals surface area contributed by atoms with E-state index in [1.807, 2.05) is 0 Å². The van der Waals surface area contributed by atoms with E-state index >= 15 is 0 Å². The van der Waals surface area contributed by atoms with Crippen LogP contribution >= 0.6 is 0 Å². The number of carbonyl (C=O) groups excluding carboxylic acids is 2. The van der Waals surface area contributed by atoms with E-state index in [9.17, 15) is 9.59 Å². The molecule has 1 unspecified atom stereocenters. The van der Waals surface area contributed by atoms with Gasteiger partial charge >= 0.3 is 5.97 Å². The Bertz CT molecular complexity index is 219. The van der Waals surface area contributed by atoms with Crippen molar-refractivity contribution in [2.24, 2.45) is 5.73 Å². The second-order valence-electron chi connectivity index (χ2n) is 3.58. The molecule has 0 spiro atoms. The fourth-order valence-corrected chi connectivity index (χ4v) is 1.21. The first-order chi connectivity index (χ1) is 7.63. The number of hydrogen-bond donors (Lipinski definition) is 2. The number of unbranched alkanes of at least 4 members (excludes halogenated alkanes) is 3. The van der Waals surface area contributed by atoms with E-state index < -0.39 is 17.9 Å². The zero-order valence-corrected chi connectivity index (χ0v) is 10.1. The van der Waals surface area contributed by atoms with Crippen molar-refractivity contribution in [2.45, 2.75) is 45.6 Å². The van der Waals surface area contributed by atoms with Crippen LogP contribution in [0.2, 0.25) is 0 Å². The van der Waals surface area contributed by atoms with Gasteiger partial charge in [0.05, 0.1) is 6.61 Å². The van der Waals surface area contributed by atoms with Gasteiger partial charge in [-0.3, -0.25) is 4.79 Å². The van der Waals surface area contributed by atoms with Gasteiger partial charge in [-0.2, -0.15) is 0 Å². The minimum Gasteiger partial charge on any atom is -0.464 e. The summed E-state index contributed by atoms with van der Waals surface area (Å²) in [5, 5.41) is 2.62. The van der Waals surface area contributed by atoms with Gasteiger partial charge in [0.2, 0.25) is 5.91 Å². The molecular weight excluding hydrogens is 208 g/mol. The fourth-order valence-electron chi connectivity index (χ4n) is 1.21. The highest BCUT2D eigenvalue weighted by Gasteiger charge is 2.22. The molecule has 1 atom stereocenters. The zero-order chi connectivity index (χ0) is 12.4. The summed E-state index contributed by atoms with van der Waals surface area (Å²) >= 11 is 0. The lowest BCUT2D eigenvalue weighted by Crippen LogP contribution is -2.47. The predicted octanol–water partition coefficient (Wildman–Crippen LogP) is 0.573. The fraction of sp³-hybridized carbons (Fsp3) is 0.818. The number of ether oxygens (including phenoxy) is 1. The van der Waals surface area contributed by atoms with Crippen LogP contribution in [0.1, 0.15) is 39.5 Å². The molecule has 0 aliphatic heterocycles. The predicted molar refractivity (Wildman–Crippen MR) is 61.8 cm³/mol. The van der Waals surface area contributed by atoms with Gasteiger partial charge in [0.1, 0.15) is 0 Å². The van der Waals surface area contributed by atoms with E-state index in [4.69, 9.17) is 5.73 Å². The molecule has 0 saturated carbocycles. The standard InChI is InChI=1S/C11H22N2O3/c1-3-5-6-7-8-13-10(14)9(12)11(15)16-4-2/h9H,3-8,12H2,1-2H3,(H,13,14). The normalized spacial score (nSPS) is 11.9. The van der Waals surface area contributed by atoms with Gasteiger partial charge in [-0.15, -0.1) is 0 Å². The summed E-state index contributed by atoms with van der Waals surface area (Å²) in [6.45, 7) is 4.59. The van der Waals surface area contributed by atoms with Gasteiger partial charge in [0.25, 0.3) is 0 Å². The van der Waals surface area contributed by atoms with Crippen molar-refractivity contribution in [3.05, 3.63) is 0 Å². The van der Waals surface area contributed by atoms with Crippen LogP contribution in [0, 0.1) is 0 Å². The Balaban J connectivity index is 3.67. The third kappa shape index (κ3) is 6.40. The minimum absolute atomic E-state index is 0.232. The molecule has 0 bridgehead atoms. The van der Waals surface area contributed by atoms with Crippen molar-refractivity contribution in [1.29, 1.82) is 0 Å². The molecule has 0 saturated heterocycles. The smallest absolute Gasteiger partial charge is 0.332 e. The number of rotatable bonds is 8. The maximum atomic E-state index is 11.4. The van der Waals surface area contributed by atoms with E-state index in [0.717, 1.165) is 25.7 Å². The first kappa shape index (κ1) is 14.9. The molecule has 3 N–H and O–H groups in total. The lowest BCUT2D eigenvalue weighted by atomic mass is 10.2. The molecular formula is C11H22N2O3. The van der Waals surface area contributed by atoms with Gasteiger partial charge in [0, 0.05) is 6.54 Å². The maximum absolute atomic E-state index is 11.4. The number of hydrogen-bond acceptors (Lipinski definition) is 4. The second kappa shape index (κ2) is 9.15. The number of nitrogens with two attached hydrogens (primary N) is 1. The van der Waals surface area contributed by atoms with Gasteiger partial charge in [-0.05, 0) is 13.3 Å². The Labute approximate surface area is 96.7 Å². The van der Waals surface area contributed by atoms with Crippen molar-refractivity contribution in [3.63, 3.8) is 0 Å². The van der Waals surface area contributed by atoms with Crippen LogP contribution in [-0.2, 0) is 14.3 Å². The lowest BCUT2D eigenvalue weighted by Gasteiger charge is -2.10. The molecule has 0 heterocycles. The third-order valence-corrected chi connectivity index (χ3v) is 2.15. The van der Waals surface area contributed by atoms with E-state index in [-0.39, 0.29) is 6.61 Å². The molecule has 0 aromatic rings. The largest absolute Gasteiger partial charge is 0.464 e. The number of carbonyl (C=O) groups is 2. The molecule has 5 heteroatoms. The Hall–Kier alpha value is -1.10. The molecule has 0 aliphatic carbocycles. The molecule has 5 nitrogen and oxygen atoms in total. The first-order valence-corrected chi connectivity index (χ1v) is 5.83. The van der Waals surface area contributed by atoms with Crippen molar-refractivity contribution >= 4 is 11.9 Å². The summed E-state index contributed by atoms with van der Waals surface area (Å²) < 4.78 is 4.64. The van der Waals surface area contributed by atoms with Crippen molar-refractivity contribution in [1.82, 2.24) is 5.32 Å². The molecule has 0 rings (SSSR count). The summed E-state index contributed by atoms with van der Waals surface area (Å²) in [5.41, 5.74) is 5.40. The minimum atomic E-state index is -1.20. The number of esters is 1. The molecule has 1 amide bonds. The zero-order valence-electron chi connectivity index (χ0n) is 10.1. The van der Waals surface area contributed by atoms with E-state index in [0.29, 0.717) is 6.54 Å². The molecule has 16 heavy (non-hydrogen) atoms. The summed E-state index contributed by atoms with van der Waals surface area (Å²) in [6.07, 6.45) is 4.29. The molecule has 0 radical (unpaired) electrons. The summed E-state index contributed by atoms with van der Waals surface area (Å²) in [4.78, 5) is 22.5. The summed E-state index contributed by atoms with van der Waals surface area (Å²) in [5.74, 6) is -1.14. The van der Waals surface area contributed by atoms with Gasteiger partial charge in [-0.25, -0.2) is 4.79 Å². The van der Waals surface area contributed by atoms with Gasteiger partial charge in [0.15, 0.2) is 6.04 Å². The highest BCUT2D eigenvalue weighted by molar-refractivity contribution is 6.01. The topological polar surface area (TPSA) is 81.4 Å². The molecule has 0 aromatic heterocycles. The number of nitrogens with one attached hydrogen (secondary N) is 1. The maximum Gasteiger partial charge on any atom is 0.332 e. The highest BCUT2D eigenvalue weighted by Crippen LogP contribution is 1.97. The monoisotopic (exact) mass is 230 g/mol. The van der Waals surface area contributed by atoms with E-state index in [1.54, 1.807) is 6.92 Å². The van der Waals surface area contributed by atoms with Crippen LogP contribution < -0.4 is 11.1 Å². The van der Waals surface area contributed by atoms with Crippen LogP contribution in [0.25, 0.3) is 0 Å². The summed E-state index contributed by atoms with van der Waals surface area (Å²) in [7, 11) is 0. The van der Waals surface area contributed by atoms with Crippen LogP contribution in [0.3, 0.4) is 0 Å². The highest BCUT2D eigenvalue weighted by atomic mass is 16.5. The lowest BCUT2D eigenvalue weighted by molar-refractivity contribution is -0.147. The quantitative estimate of drug-likeness (QED) is 0.363. The van der Waals surface area contributed by atoms with Gasteiger partial charge < -0.3 is 15.8 Å². The molecule has 0 fully saturated rings. The van der Waals surface area contributed by atoms with Gasteiger partial charge in [-0.1, -0.05) is 26.2 Å².